The Bertz CT molecular complexity index is 471. The van der Waals surface area contributed by atoms with Crippen LogP contribution in [0.2, 0.25) is 0 Å². The maximum absolute atomic E-state index is 9.93. The second-order valence-corrected chi connectivity index (χ2v) is 5.58. The number of piperidine rings is 1. The van der Waals surface area contributed by atoms with Crippen molar-refractivity contribution in [2.45, 2.75) is 39.0 Å². The molecule has 0 radical (unpaired) electrons. The van der Waals surface area contributed by atoms with Gasteiger partial charge in [-0.25, -0.2) is 0 Å². The van der Waals surface area contributed by atoms with Gasteiger partial charge in [0.2, 0.25) is 0 Å². The third kappa shape index (κ3) is 5.56. The molecule has 5 heteroatoms. The van der Waals surface area contributed by atoms with Gasteiger partial charge in [-0.3, -0.25) is 4.90 Å². The maximum atomic E-state index is 9.93. The smallest absolute Gasteiger partial charge is 0.487 e. The third-order valence-electron chi connectivity index (χ3n) is 3.72. The molecule has 1 aliphatic heterocycles. The number of unbranched alkanes of at least 4 members (excludes halogenated alkanes) is 1. The number of para-hydroxylation sites is 2. The lowest BCUT2D eigenvalue weighted by Crippen LogP contribution is -2.67. The van der Waals surface area contributed by atoms with Gasteiger partial charge in [0.15, 0.2) is 12.5 Å². The van der Waals surface area contributed by atoms with Gasteiger partial charge >= 0.3 is 6.08 Å². The number of likely N-dealkylation sites (tertiary alicyclic amines) is 1. The van der Waals surface area contributed by atoms with E-state index in [0.717, 1.165) is 37.4 Å². The molecule has 0 saturated carbocycles. The van der Waals surface area contributed by atoms with Crippen LogP contribution in [0.25, 0.3) is 0 Å². The molecule has 1 fully saturated rings. The fourth-order valence-electron chi connectivity index (χ4n) is 2.41. The van der Waals surface area contributed by atoms with Gasteiger partial charge in [-0.05, 0) is 25.3 Å². The van der Waals surface area contributed by atoms with Crippen LogP contribution in [0.4, 0.5) is 5.69 Å². The van der Waals surface area contributed by atoms with E-state index in [1.165, 1.54) is 19.3 Å². The molecule has 0 amide bonds. The first-order valence-corrected chi connectivity index (χ1v) is 8.19. The van der Waals surface area contributed by atoms with Crippen molar-refractivity contribution in [1.29, 1.82) is 0 Å². The van der Waals surface area contributed by atoms with Crippen LogP contribution in [0, 0.1) is 0 Å². The van der Waals surface area contributed by atoms with Crippen molar-refractivity contribution < 1.29 is 19.6 Å². The van der Waals surface area contributed by atoms with Gasteiger partial charge < -0.3 is 14.6 Å². The quantitative estimate of drug-likeness (QED) is 0.459. The second kappa shape index (κ2) is 9.30. The van der Waals surface area contributed by atoms with Crippen molar-refractivity contribution >= 4 is 11.8 Å². The van der Waals surface area contributed by atoms with E-state index in [2.05, 4.69) is 16.8 Å². The largest absolute Gasteiger partial charge is 0.552 e. The van der Waals surface area contributed by atoms with Crippen molar-refractivity contribution in [2.75, 3.05) is 26.4 Å². The Morgan fingerprint density at radius 3 is 2.77 bits per heavy atom. The van der Waals surface area contributed by atoms with E-state index < -0.39 is 0 Å². The van der Waals surface area contributed by atoms with Crippen LogP contribution in [0.5, 0.6) is 5.75 Å². The molecule has 1 aromatic carbocycles. The molecule has 5 nitrogen and oxygen atoms in total. The lowest BCUT2D eigenvalue weighted by molar-refractivity contribution is -0.384. The predicted octanol–water partition coefficient (Wildman–Crippen LogP) is 1.95. The van der Waals surface area contributed by atoms with Crippen molar-refractivity contribution in [2.24, 2.45) is 0 Å². The van der Waals surface area contributed by atoms with Crippen molar-refractivity contribution in [3.63, 3.8) is 0 Å². The molecule has 22 heavy (non-hydrogen) atoms. The molecule has 122 valence electrons. The first-order chi connectivity index (χ1) is 10.8. The summed E-state index contributed by atoms with van der Waals surface area (Å²) >= 11 is 0. The lowest BCUT2D eigenvalue weighted by Gasteiger charge is -2.24. The number of hydrogen-bond donors (Lipinski definition) is 2. The molecule has 0 spiro atoms. The third-order valence-corrected chi connectivity index (χ3v) is 3.72. The minimum absolute atomic E-state index is 0.183. The Kier molecular flexibility index (Phi) is 7.03. The van der Waals surface area contributed by atoms with Gasteiger partial charge in [0, 0.05) is 19.2 Å². The molecule has 0 unspecified atom stereocenters. The standard InChI is InChI=1S/C17H26N2O3/c1-2-3-13-21-16-10-6-5-9-15(16)18-17(20)22-14-19-11-7-4-8-12-19/h5-6,9-10H,2-4,7-8,11-14H2,1H3,(H,18,20)/p+1. The number of rotatable bonds is 7. The van der Waals surface area contributed by atoms with Gasteiger partial charge in [0.25, 0.3) is 5.69 Å². The fraction of sp³-hybridized carbons (Fsp3) is 0.588. The lowest BCUT2D eigenvalue weighted by atomic mass is 10.1. The summed E-state index contributed by atoms with van der Waals surface area (Å²) in [6, 6.07) is 7.56. The Morgan fingerprint density at radius 1 is 1.23 bits per heavy atom. The number of aliphatic hydroxyl groups is 1. The van der Waals surface area contributed by atoms with Crippen LogP contribution in [-0.2, 0) is 4.74 Å². The van der Waals surface area contributed by atoms with Crippen LogP contribution in [-0.4, -0.2) is 42.5 Å². The van der Waals surface area contributed by atoms with Crippen molar-refractivity contribution in [3.05, 3.63) is 24.3 Å². The van der Waals surface area contributed by atoms with E-state index in [-0.39, 0.29) is 6.08 Å². The highest BCUT2D eigenvalue weighted by molar-refractivity contribution is 5.60. The molecule has 2 rings (SSSR count). The van der Waals surface area contributed by atoms with Crippen LogP contribution in [0.3, 0.4) is 0 Å². The molecular weight excluding hydrogens is 280 g/mol. The molecule has 1 heterocycles. The Morgan fingerprint density at radius 2 is 2.00 bits per heavy atom. The van der Waals surface area contributed by atoms with Crippen LogP contribution < -0.4 is 9.73 Å². The number of ether oxygens (including phenoxy) is 2. The number of hydrogen-bond acceptors (Lipinski definition) is 3. The summed E-state index contributed by atoms with van der Waals surface area (Å²) in [6.07, 6.45) is 5.60. The van der Waals surface area contributed by atoms with E-state index in [1.54, 1.807) is 0 Å². The number of aliphatic hydroxyl groups excluding tert-OH is 1. The first-order valence-electron chi connectivity index (χ1n) is 8.19. The molecule has 1 aromatic rings. The predicted molar refractivity (Wildman–Crippen MR) is 86.5 cm³/mol. The average Bonchev–Trinajstić information content (AvgIpc) is 2.56. The zero-order valence-corrected chi connectivity index (χ0v) is 13.4. The number of benzene rings is 1. The van der Waals surface area contributed by atoms with Crippen LogP contribution in [0.15, 0.2) is 24.3 Å². The van der Waals surface area contributed by atoms with Crippen LogP contribution in [0.1, 0.15) is 39.0 Å². The normalized spacial score (nSPS) is 16.5. The summed E-state index contributed by atoms with van der Waals surface area (Å²) in [6.45, 7) is 5.28. The van der Waals surface area contributed by atoms with E-state index in [0.29, 0.717) is 13.3 Å². The molecular formula is C17H27N2O3+. The summed E-state index contributed by atoms with van der Waals surface area (Å²) in [5, 5.41) is 9.93. The summed E-state index contributed by atoms with van der Waals surface area (Å²) < 4.78 is 11.1. The number of nitrogens with one attached hydrogen (secondary N) is 1. The Hall–Kier alpha value is -1.75. The summed E-state index contributed by atoms with van der Waals surface area (Å²) in [7, 11) is 0. The van der Waals surface area contributed by atoms with Gasteiger partial charge in [-0.1, -0.05) is 31.9 Å². The summed E-state index contributed by atoms with van der Waals surface area (Å²) in [4.78, 5) is 5.07. The monoisotopic (exact) mass is 307 g/mol. The van der Waals surface area contributed by atoms with Gasteiger partial charge in [-0.2, -0.15) is 0 Å². The van der Waals surface area contributed by atoms with E-state index in [9.17, 15) is 5.11 Å². The number of nitrogens with zero attached hydrogens (tertiary/aromatic N) is 1. The van der Waals surface area contributed by atoms with Crippen LogP contribution >= 0.6 is 0 Å². The summed E-state index contributed by atoms with van der Waals surface area (Å²) in [5.41, 5.74) is 0.717. The summed E-state index contributed by atoms with van der Waals surface area (Å²) in [5.74, 6) is 0.726. The highest BCUT2D eigenvalue weighted by atomic mass is 16.6. The Balaban J connectivity index is 1.89. The first kappa shape index (κ1) is 16.6. The maximum Gasteiger partial charge on any atom is 0.552 e. The van der Waals surface area contributed by atoms with Gasteiger partial charge in [0.1, 0.15) is 0 Å². The molecule has 0 bridgehead atoms. The molecule has 0 aromatic heterocycles. The highest BCUT2D eigenvalue weighted by Crippen LogP contribution is 2.18. The van der Waals surface area contributed by atoms with Gasteiger partial charge in [-0.15, -0.1) is 4.99 Å². The molecule has 2 N–H and O–H groups in total. The fourth-order valence-corrected chi connectivity index (χ4v) is 2.41. The Labute approximate surface area is 132 Å². The van der Waals surface area contributed by atoms with Crippen molar-refractivity contribution in [1.82, 2.24) is 4.90 Å². The zero-order valence-electron chi connectivity index (χ0n) is 13.4. The van der Waals surface area contributed by atoms with Gasteiger partial charge in [0.05, 0.1) is 6.61 Å². The minimum Gasteiger partial charge on any atom is -0.487 e. The average molecular weight is 307 g/mol. The second-order valence-electron chi connectivity index (χ2n) is 5.58. The molecule has 1 saturated heterocycles. The minimum atomic E-state index is -0.183. The highest BCUT2D eigenvalue weighted by Gasteiger charge is 2.15. The van der Waals surface area contributed by atoms with E-state index in [4.69, 9.17) is 9.47 Å². The van der Waals surface area contributed by atoms with Crippen molar-refractivity contribution in [3.8, 4) is 5.75 Å². The SMILES string of the molecule is CCCCOc1ccccc1[NH+]=C(O)OCN1CCCCC1. The molecule has 1 aliphatic rings. The van der Waals surface area contributed by atoms with E-state index in [1.807, 2.05) is 24.3 Å². The molecule has 0 aliphatic carbocycles. The van der Waals surface area contributed by atoms with E-state index >= 15 is 0 Å². The topological polar surface area (TPSA) is 55.9 Å². The molecule has 0 atom stereocenters. The zero-order chi connectivity index (χ0) is 15.6.